The molecule has 1 aliphatic heterocycles. The zero-order valence-electron chi connectivity index (χ0n) is 12.7. The van der Waals surface area contributed by atoms with E-state index in [-0.39, 0.29) is 23.9 Å². The van der Waals surface area contributed by atoms with Gasteiger partial charge in [-0.05, 0) is 43.4 Å². The van der Waals surface area contributed by atoms with E-state index in [1.807, 2.05) is 0 Å². The molecule has 2 aliphatic rings. The normalized spacial score (nSPS) is 28.0. The van der Waals surface area contributed by atoms with Crippen molar-refractivity contribution < 1.29 is 23.8 Å². The molecule has 0 bridgehead atoms. The van der Waals surface area contributed by atoms with Crippen LogP contribution in [0.5, 0.6) is 0 Å². The summed E-state index contributed by atoms with van der Waals surface area (Å²) in [6.45, 7) is 0.638. The molecule has 1 aromatic carbocycles. The lowest BCUT2D eigenvalue weighted by Gasteiger charge is -2.34. The van der Waals surface area contributed by atoms with Crippen molar-refractivity contribution in [2.45, 2.75) is 37.8 Å². The summed E-state index contributed by atoms with van der Waals surface area (Å²) >= 11 is 0. The maximum Gasteiger partial charge on any atom is 0.307 e. The molecule has 1 heterocycles. The Morgan fingerprint density at radius 3 is 2.39 bits per heavy atom. The first kappa shape index (κ1) is 15.9. The van der Waals surface area contributed by atoms with Crippen molar-refractivity contribution in [2.24, 2.45) is 11.8 Å². The second kappa shape index (κ2) is 6.66. The predicted octanol–water partition coefficient (Wildman–Crippen LogP) is 2.27. The number of ether oxygens (including phenoxy) is 1. The lowest BCUT2D eigenvalue weighted by molar-refractivity contribution is -0.153. The van der Waals surface area contributed by atoms with Crippen LogP contribution in [-0.4, -0.2) is 29.7 Å². The average molecular weight is 321 g/mol. The fraction of sp³-hybridized carbons (Fsp3) is 0.529. The Kier molecular flexibility index (Phi) is 4.61. The van der Waals surface area contributed by atoms with Crippen LogP contribution in [0.4, 0.5) is 4.39 Å². The van der Waals surface area contributed by atoms with Crippen molar-refractivity contribution in [3.05, 3.63) is 35.6 Å². The molecule has 1 saturated carbocycles. The first-order valence-electron chi connectivity index (χ1n) is 7.96. The highest BCUT2D eigenvalue weighted by atomic mass is 19.1. The van der Waals surface area contributed by atoms with Crippen LogP contribution in [-0.2, 0) is 14.3 Å². The number of aliphatic carboxylic acids is 1. The van der Waals surface area contributed by atoms with Crippen LogP contribution in [0.25, 0.3) is 0 Å². The largest absolute Gasteiger partial charge is 0.481 e. The number of benzene rings is 1. The molecule has 2 N–H and O–H groups in total. The van der Waals surface area contributed by atoms with Gasteiger partial charge >= 0.3 is 5.97 Å². The number of amides is 1. The molecule has 1 amide bonds. The van der Waals surface area contributed by atoms with Gasteiger partial charge in [-0.2, -0.15) is 0 Å². The van der Waals surface area contributed by atoms with E-state index in [0.717, 1.165) is 18.4 Å². The summed E-state index contributed by atoms with van der Waals surface area (Å²) in [6.07, 6.45) is 2.70. The molecule has 0 aromatic heterocycles. The fourth-order valence-electron chi connectivity index (χ4n) is 3.30. The molecule has 23 heavy (non-hydrogen) atoms. The Labute approximate surface area is 133 Å². The Bertz CT molecular complexity index is 583. The van der Waals surface area contributed by atoms with Crippen molar-refractivity contribution in [1.82, 2.24) is 5.32 Å². The van der Waals surface area contributed by atoms with Gasteiger partial charge in [0, 0.05) is 6.61 Å². The summed E-state index contributed by atoms with van der Waals surface area (Å²) < 4.78 is 18.8. The van der Waals surface area contributed by atoms with E-state index in [1.54, 1.807) is 12.1 Å². The second-order valence-corrected chi connectivity index (χ2v) is 6.22. The third kappa shape index (κ3) is 3.37. The van der Waals surface area contributed by atoms with Crippen LogP contribution in [0.3, 0.4) is 0 Å². The van der Waals surface area contributed by atoms with E-state index in [1.165, 1.54) is 12.1 Å². The molecule has 6 heteroatoms. The highest BCUT2D eigenvalue weighted by Crippen LogP contribution is 2.36. The van der Waals surface area contributed by atoms with Gasteiger partial charge in [0.15, 0.2) is 0 Å². The van der Waals surface area contributed by atoms with Gasteiger partial charge in [0.1, 0.15) is 5.82 Å². The minimum Gasteiger partial charge on any atom is -0.481 e. The summed E-state index contributed by atoms with van der Waals surface area (Å²) in [7, 11) is 0. The monoisotopic (exact) mass is 321 g/mol. The molecule has 0 radical (unpaired) electrons. The molecule has 2 fully saturated rings. The van der Waals surface area contributed by atoms with Crippen molar-refractivity contribution in [1.29, 1.82) is 0 Å². The maximum absolute atomic E-state index is 13.1. The van der Waals surface area contributed by atoms with Gasteiger partial charge in [-0.1, -0.05) is 12.1 Å². The van der Waals surface area contributed by atoms with Gasteiger partial charge in [0.2, 0.25) is 5.91 Å². The van der Waals surface area contributed by atoms with Crippen LogP contribution < -0.4 is 5.32 Å². The van der Waals surface area contributed by atoms with Crippen LogP contribution >= 0.6 is 0 Å². The molecule has 3 rings (SSSR count). The Morgan fingerprint density at radius 2 is 1.87 bits per heavy atom. The predicted molar refractivity (Wildman–Crippen MR) is 80.1 cm³/mol. The molecule has 4 atom stereocenters. The average Bonchev–Trinajstić information content (AvgIpc) is 2.98. The number of halogens is 1. The van der Waals surface area contributed by atoms with Gasteiger partial charge in [0.05, 0.1) is 24.0 Å². The summed E-state index contributed by atoms with van der Waals surface area (Å²) in [4.78, 5) is 23.5. The maximum atomic E-state index is 13.1. The van der Waals surface area contributed by atoms with E-state index in [4.69, 9.17) is 9.84 Å². The number of carboxylic acids is 1. The molecular formula is C17H20FNO4. The second-order valence-electron chi connectivity index (χ2n) is 6.22. The molecular weight excluding hydrogens is 301 g/mol. The zero-order chi connectivity index (χ0) is 16.4. The number of hydrogen-bond acceptors (Lipinski definition) is 3. The van der Waals surface area contributed by atoms with Crippen molar-refractivity contribution in [3.63, 3.8) is 0 Å². The number of rotatable bonds is 5. The molecule has 0 spiro atoms. The fourth-order valence-corrected chi connectivity index (χ4v) is 3.30. The van der Waals surface area contributed by atoms with Gasteiger partial charge in [-0.15, -0.1) is 0 Å². The number of carbonyl (C=O) groups excluding carboxylic acids is 1. The molecule has 4 unspecified atom stereocenters. The standard InChI is InChI=1S/C17H20FNO4/c18-11-5-3-10(4-6-11)15(14-2-1-9-23-14)19-16(20)12-7-8-13(12)17(21)22/h3-6,12-15H,1-2,7-9H2,(H,19,20)(H,21,22). The highest BCUT2D eigenvalue weighted by Gasteiger charge is 2.42. The van der Waals surface area contributed by atoms with Gasteiger partial charge in [-0.3, -0.25) is 9.59 Å². The molecule has 124 valence electrons. The Morgan fingerprint density at radius 1 is 1.17 bits per heavy atom. The van der Waals surface area contributed by atoms with E-state index in [0.29, 0.717) is 19.4 Å². The number of nitrogens with one attached hydrogen (secondary N) is 1. The topological polar surface area (TPSA) is 75.6 Å². The van der Waals surface area contributed by atoms with E-state index in [9.17, 15) is 14.0 Å². The molecule has 1 aromatic rings. The summed E-state index contributed by atoms with van der Waals surface area (Å²) in [6, 6.07) is 5.61. The van der Waals surface area contributed by atoms with Crippen LogP contribution in [0, 0.1) is 17.7 Å². The Balaban J connectivity index is 1.74. The third-order valence-electron chi connectivity index (χ3n) is 4.79. The minimum absolute atomic E-state index is 0.159. The summed E-state index contributed by atoms with van der Waals surface area (Å²) in [5.74, 6) is -2.61. The number of hydrogen-bond donors (Lipinski definition) is 2. The van der Waals surface area contributed by atoms with E-state index >= 15 is 0 Å². The highest BCUT2D eigenvalue weighted by molar-refractivity contribution is 5.86. The third-order valence-corrected chi connectivity index (χ3v) is 4.79. The Hall–Kier alpha value is -1.95. The zero-order valence-corrected chi connectivity index (χ0v) is 12.7. The number of carboxylic acid groups (broad SMARTS) is 1. The summed E-state index contributed by atoms with van der Waals surface area (Å²) in [5.41, 5.74) is 0.776. The van der Waals surface area contributed by atoms with Crippen LogP contribution in [0.15, 0.2) is 24.3 Å². The smallest absolute Gasteiger partial charge is 0.307 e. The lowest BCUT2D eigenvalue weighted by Crippen LogP contribution is -2.47. The van der Waals surface area contributed by atoms with Crippen LogP contribution in [0.1, 0.15) is 37.3 Å². The quantitative estimate of drug-likeness (QED) is 0.872. The molecule has 5 nitrogen and oxygen atoms in total. The number of carbonyl (C=O) groups is 2. The van der Waals surface area contributed by atoms with Gasteiger partial charge in [0.25, 0.3) is 0 Å². The van der Waals surface area contributed by atoms with Crippen LogP contribution in [0.2, 0.25) is 0 Å². The van der Waals surface area contributed by atoms with Gasteiger partial charge < -0.3 is 15.2 Å². The van der Waals surface area contributed by atoms with Gasteiger partial charge in [-0.25, -0.2) is 4.39 Å². The lowest BCUT2D eigenvalue weighted by atomic mass is 9.73. The molecule has 1 saturated heterocycles. The van der Waals surface area contributed by atoms with Crippen molar-refractivity contribution >= 4 is 11.9 Å². The minimum atomic E-state index is -0.924. The van der Waals surface area contributed by atoms with Crippen molar-refractivity contribution in [3.8, 4) is 0 Å². The van der Waals surface area contributed by atoms with E-state index in [2.05, 4.69) is 5.32 Å². The first-order valence-corrected chi connectivity index (χ1v) is 7.96. The SMILES string of the molecule is O=C(O)C1CCC1C(=O)NC(c1ccc(F)cc1)C1CCCO1. The van der Waals surface area contributed by atoms with E-state index < -0.39 is 17.8 Å². The first-order chi connectivity index (χ1) is 11.1. The summed E-state index contributed by atoms with van der Waals surface area (Å²) in [5, 5.41) is 12.0. The molecule has 1 aliphatic carbocycles. The van der Waals surface area contributed by atoms with Crippen molar-refractivity contribution in [2.75, 3.05) is 6.61 Å².